The highest BCUT2D eigenvalue weighted by Crippen LogP contribution is 2.29. The van der Waals surface area contributed by atoms with Crippen LogP contribution in [0.25, 0.3) is 0 Å². The molecule has 0 bridgehead atoms. The minimum Gasteiger partial charge on any atom is -0.457 e. The molecule has 0 saturated heterocycles. The Labute approximate surface area is 131 Å². The van der Waals surface area contributed by atoms with Crippen LogP contribution in [0.2, 0.25) is 5.02 Å². The Morgan fingerprint density at radius 2 is 2.00 bits per heavy atom. The molecule has 2 rings (SSSR count). The summed E-state index contributed by atoms with van der Waals surface area (Å²) in [6.07, 6.45) is 0. The first-order chi connectivity index (χ1) is 9.58. The summed E-state index contributed by atoms with van der Waals surface area (Å²) < 4.78 is 19.5. The van der Waals surface area contributed by atoms with Crippen molar-refractivity contribution in [3.05, 3.63) is 57.3 Å². The van der Waals surface area contributed by atoms with E-state index in [4.69, 9.17) is 16.3 Å². The van der Waals surface area contributed by atoms with Crippen molar-refractivity contribution >= 4 is 27.5 Å². The average Bonchev–Trinajstić information content (AvgIpc) is 2.36. The molecule has 0 fully saturated rings. The summed E-state index contributed by atoms with van der Waals surface area (Å²) in [5.41, 5.74) is 1.00. The average molecular weight is 359 g/mol. The van der Waals surface area contributed by atoms with E-state index in [1.165, 1.54) is 12.1 Å². The minimum atomic E-state index is -0.357. The molecule has 2 aromatic rings. The topological polar surface area (TPSA) is 21.3 Å². The van der Waals surface area contributed by atoms with Gasteiger partial charge in [-0.3, -0.25) is 0 Å². The largest absolute Gasteiger partial charge is 0.457 e. The molecular weight excluding hydrogens is 345 g/mol. The van der Waals surface area contributed by atoms with Gasteiger partial charge in [0.2, 0.25) is 0 Å². The number of rotatable bonds is 5. The summed E-state index contributed by atoms with van der Waals surface area (Å²) in [5, 5.41) is 3.83. The summed E-state index contributed by atoms with van der Waals surface area (Å²) in [4.78, 5) is 0. The van der Waals surface area contributed by atoms with Gasteiger partial charge in [-0.25, -0.2) is 4.39 Å². The highest BCUT2D eigenvalue weighted by molar-refractivity contribution is 9.10. The normalized spacial score (nSPS) is 10.6. The molecule has 0 aliphatic carbocycles. The van der Waals surface area contributed by atoms with Crippen LogP contribution >= 0.6 is 27.5 Å². The second-order valence-corrected chi connectivity index (χ2v) is 5.56. The first-order valence-corrected chi connectivity index (χ1v) is 7.38. The van der Waals surface area contributed by atoms with E-state index < -0.39 is 0 Å². The van der Waals surface area contributed by atoms with Crippen molar-refractivity contribution in [3.63, 3.8) is 0 Å². The molecule has 2 aromatic carbocycles. The predicted octanol–water partition coefficient (Wildman–Crippen LogP) is 5.14. The van der Waals surface area contributed by atoms with Gasteiger partial charge in [-0.2, -0.15) is 0 Å². The van der Waals surface area contributed by atoms with Gasteiger partial charge in [0.05, 0.1) is 0 Å². The van der Waals surface area contributed by atoms with E-state index in [0.717, 1.165) is 12.1 Å². The number of halogens is 3. The lowest BCUT2D eigenvalue weighted by molar-refractivity contribution is 0.476. The van der Waals surface area contributed by atoms with Crippen LogP contribution in [-0.2, 0) is 6.54 Å². The summed E-state index contributed by atoms with van der Waals surface area (Å²) in [6.45, 7) is 3.63. The van der Waals surface area contributed by atoms with E-state index in [2.05, 4.69) is 21.2 Å². The van der Waals surface area contributed by atoms with Gasteiger partial charge in [0, 0.05) is 22.1 Å². The Bertz CT molecular complexity index is 586. The van der Waals surface area contributed by atoms with Crippen molar-refractivity contribution in [2.75, 3.05) is 6.54 Å². The zero-order chi connectivity index (χ0) is 14.5. The summed E-state index contributed by atoms with van der Waals surface area (Å²) in [5.74, 6) is 0.643. The monoisotopic (exact) mass is 357 g/mol. The Hall–Kier alpha value is -1.10. The van der Waals surface area contributed by atoms with Gasteiger partial charge < -0.3 is 10.1 Å². The van der Waals surface area contributed by atoms with Crippen LogP contribution in [0.15, 0.2) is 40.9 Å². The van der Waals surface area contributed by atoms with Gasteiger partial charge in [-0.1, -0.05) is 40.5 Å². The highest BCUT2D eigenvalue weighted by Gasteiger charge is 2.05. The van der Waals surface area contributed by atoms with Crippen LogP contribution in [0, 0.1) is 5.82 Å². The molecule has 1 N–H and O–H groups in total. The zero-order valence-corrected chi connectivity index (χ0v) is 13.3. The van der Waals surface area contributed by atoms with Crippen molar-refractivity contribution in [1.82, 2.24) is 5.32 Å². The van der Waals surface area contributed by atoms with Crippen LogP contribution < -0.4 is 10.1 Å². The second-order valence-electron chi connectivity index (χ2n) is 4.24. The lowest BCUT2D eigenvalue weighted by Gasteiger charge is -2.09. The van der Waals surface area contributed by atoms with Crippen LogP contribution in [0.1, 0.15) is 12.5 Å². The molecule has 5 heteroatoms. The zero-order valence-electron chi connectivity index (χ0n) is 10.9. The van der Waals surface area contributed by atoms with Gasteiger partial charge in [-0.15, -0.1) is 0 Å². The number of ether oxygens (including phenoxy) is 1. The molecule has 0 amide bonds. The van der Waals surface area contributed by atoms with Gasteiger partial charge in [0.25, 0.3) is 0 Å². The maximum atomic E-state index is 13.3. The van der Waals surface area contributed by atoms with E-state index in [0.29, 0.717) is 27.5 Å². The summed E-state index contributed by atoms with van der Waals surface area (Å²) in [6, 6.07) is 9.84. The lowest BCUT2D eigenvalue weighted by atomic mass is 10.2. The maximum Gasteiger partial charge on any atom is 0.131 e. The molecule has 0 unspecified atom stereocenters. The maximum absolute atomic E-state index is 13.3. The third-order valence-electron chi connectivity index (χ3n) is 2.66. The third kappa shape index (κ3) is 4.20. The van der Waals surface area contributed by atoms with E-state index >= 15 is 0 Å². The molecule has 0 aliphatic heterocycles. The lowest BCUT2D eigenvalue weighted by Crippen LogP contribution is -2.11. The van der Waals surface area contributed by atoms with Crippen molar-refractivity contribution in [2.24, 2.45) is 0 Å². The van der Waals surface area contributed by atoms with Gasteiger partial charge in [0.1, 0.15) is 17.3 Å². The second kappa shape index (κ2) is 7.07. The Morgan fingerprint density at radius 3 is 2.65 bits per heavy atom. The molecule has 0 aromatic heterocycles. The quantitative estimate of drug-likeness (QED) is 0.798. The first kappa shape index (κ1) is 15.3. The molecule has 0 atom stereocenters. The Balaban J connectivity index is 2.15. The van der Waals surface area contributed by atoms with Crippen LogP contribution in [0.5, 0.6) is 11.5 Å². The first-order valence-electron chi connectivity index (χ1n) is 6.21. The van der Waals surface area contributed by atoms with Crippen LogP contribution in [0.4, 0.5) is 4.39 Å². The summed E-state index contributed by atoms with van der Waals surface area (Å²) in [7, 11) is 0. The van der Waals surface area contributed by atoms with Crippen molar-refractivity contribution in [1.29, 1.82) is 0 Å². The van der Waals surface area contributed by atoms with Gasteiger partial charge in [0.15, 0.2) is 0 Å². The Kier molecular flexibility index (Phi) is 5.40. The standard InChI is InChI=1S/C15H14BrClFNO/c1-2-19-9-10-3-4-13(8-15(10)17)20-14-6-11(16)5-12(18)7-14/h3-8,19H,2,9H2,1H3. The fourth-order valence-corrected chi connectivity index (χ4v) is 2.40. The molecule has 106 valence electrons. The molecule has 0 aliphatic rings. The van der Waals surface area contributed by atoms with E-state index in [9.17, 15) is 4.39 Å². The molecular formula is C15H14BrClFNO. The van der Waals surface area contributed by atoms with Gasteiger partial charge in [-0.05, 0) is 36.4 Å². The van der Waals surface area contributed by atoms with Crippen molar-refractivity contribution < 1.29 is 9.13 Å². The fraction of sp³-hybridized carbons (Fsp3) is 0.200. The minimum absolute atomic E-state index is 0.357. The van der Waals surface area contributed by atoms with E-state index in [-0.39, 0.29) is 5.82 Å². The van der Waals surface area contributed by atoms with E-state index in [1.54, 1.807) is 12.1 Å². The van der Waals surface area contributed by atoms with Gasteiger partial charge >= 0.3 is 0 Å². The molecule has 2 nitrogen and oxygen atoms in total. The highest BCUT2D eigenvalue weighted by atomic mass is 79.9. The number of benzene rings is 2. The number of nitrogens with one attached hydrogen (secondary N) is 1. The fourth-order valence-electron chi connectivity index (χ4n) is 1.72. The predicted molar refractivity (Wildman–Crippen MR) is 83.0 cm³/mol. The van der Waals surface area contributed by atoms with E-state index in [1.807, 2.05) is 19.1 Å². The third-order valence-corrected chi connectivity index (χ3v) is 3.47. The van der Waals surface area contributed by atoms with Crippen molar-refractivity contribution in [3.8, 4) is 11.5 Å². The number of hydrogen-bond acceptors (Lipinski definition) is 2. The van der Waals surface area contributed by atoms with Crippen LogP contribution in [0.3, 0.4) is 0 Å². The molecule has 0 heterocycles. The Morgan fingerprint density at radius 1 is 1.20 bits per heavy atom. The molecule has 0 spiro atoms. The SMILES string of the molecule is CCNCc1ccc(Oc2cc(F)cc(Br)c2)cc1Cl. The molecule has 0 saturated carbocycles. The molecule has 20 heavy (non-hydrogen) atoms. The molecule has 0 radical (unpaired) electrons. The smallest absolute Gasteiger partial charge is 0.131 e. The van der Waals surface area contributed by atoms with Crippen LogP contribution in [-0.4, -0.2) is 6.54 Å². The summed E-state index contributed by atoms with van der Waals surface area (Å²) >= 11 is 9.42. The number of hydrogen-bond donors (Lipinski definition) is 1. The van der Waals surface area contributed by atoms with Crippen molar-refractivity contribution in [2.45, 2.75) is 13.5 Å².